The molecule has 2 saturated carbocycles. The van der Waals surface area contributed by atoms with Gasteiger partial charge in [0.1, 0.15) is 4.99 Å². The summed E-state index contributed by atoms with van der Waals surface area (Å²) in [5.41, 5.74) is 7.59. The average molecular weight is 288 g/mol. The molecule has 106 valence electrons. The van der Waals surface area contributed by atoms with E-state index in [-0.39, 0.29) is 0 Å². The number of rotatable bonds is 4. The number of carbonyl (C=O) groups excluding carboxylic acids is 1. The van der Waals surface area contributed by atoms with Gasteiger partial charge in [-0.2, -0.15) is 0 Å². The minimum Gasteiger partial charge on any atom is -0.389 e. The quantitative estimate of drug-likeness (QED) is 0.865. The molecule has 3 nitrogen and oxygen atoms in total. The Hall–Kier alpha value is -1.42. The van der Waals surface area contributed by atoms with Crippen molar-refractivity contribution in [3.05, 3.63) is 35.4 Å². The molecule has 1 aromatic rings. The van der Waals surface area contributed by atoms with Crippen molar-refractivity contribution in [2.45, 2.75) is 25.8 Å². The van der Waals surface area contributed by atoms with Gasteiger partial charge < -0.3 is 10.6 Å². The van der Waals surface area contributed by atoms with Crippen LogP contribution in [-0.2, 0) is 11.3 Å². The summed E-state index contributed by atoms with van der Waals surface area (Å²) in [6.45, 7) is 0.630. The molecule has 0 saturated heterocycles. The van der Waals surface area contributed by atoms with E-state index in [1.807, 2.05) is 36.2 Å². The minimum absolute atomic E-state index is 0.299. The van der Waals surface area contributed by atoms with Crippen LogP contribution >= 0.6 is 12.2 Å². The zero-order valence-electron chi connectivity index (χ0n) is 11.7. The van der Waals surface area contributed by atoms with Crippen molar-refractivity contribution in [3.8, 4) is 0 Å². The molecule has 20 heavy (non-hydrogen) atoms. The zero-order chi connectivity index (χ0) is 14.3. The van der Waals surface area contributed by atoms with Crippen LogP contribution in [-0.4, -0.2) is 22.8 Å². The first kappa shape index (κ1) is 13.6. The summed E-state index contributed by atoms with van der Waals surface area (Å²) in [6, 6.07) is 7.83. The van der Waals surface area contributed by atoms with Crippen LogP contribution < -0.4 is 5.73 Å². The predicted molar refractivity (Wildman–Crippen MR) is 83.1 cm³/mol. The van der Waals surface area contributed by atoms with Gasteiger partial charge in [0, 0.05) is 25.1 Å². The smallest absolute Gasteiger partial charge is 0.226 e. The van der Waals surface area contributed by atoms with Gasteiger partial charge in [0.25, 0.3) is 0 Å². The molecule has 2 N–H and O–H groups in total. The average Bonchev–Trinajstić information content (AvgIpc) is 2.90. The normalized spacial score (nSPS) is 26.9. The van der Waals surface area contributed by atoms with E-state index >= 15 is 0 Å². The first-order chi connectivity index (χ1) is 9.58. The van der Waals surface area contributed by atoms with Gasteiger partial charge in [-0.15, -0.1) is 0 Å². The Morgan fingerprint density at radius 2 is 2.10 bits per heavy atom. The Morgan fingerprint density at radius 3 is 2.75 bits per heavy atom. The molecule has 2 aliphatic rings. The fraction of sp³-hybridized carbons (Fsp3) is 0.500. The largest absolute Gasteiger partial charge is 0.389 e. The van der Waals surface area contributed by atoms with Crippen molar-refractivity contribution in [3.63, 3.8) is 0 Å². The summed E-state index contributed by atoms with van der Waals surface area (Å²) >= 11 is 4.99. The highest BCUT2D eigenvalue weighted by Crippen LogP contribution is 2.58. The molecule has 0 aliphatic heterocycles. The molecule has 2 fully saturated rings. The van der Waals surface area contributed by atoms with E-state index in [1.165, 1.54) is 19.3 Å². The third kappa shape index (κ3) is 2.44. The highest BCUT2D eigenvalue weighted by atomic mass is 32.1. The summed E-state index contributed by atoms with van der Waals surface area (Å²) in [5, 5.41) is 0. The van der Waals surface area contributed by atoms with Crippen LogP contribution in [0, 0.1) is 17.8 Å². The van der Waals surface area contributed by atoms with Gasteiger partial charge >= 0.3 is 0 Å². The van der Waals surface area contributed by atoms with E-state index < -0.39 is 0 Å². The minimum atomic E-state index is 0.299. The lowest BCUT2D eigenvalue weighted by molar-refractivity contribution is -0.132. The van der Waals surface area contributed by atoms with Gasteiger partial charge in [-0.05, 0) is 36.3 Å². The third-order valence-corrected chi connectivity index (χ3v) is 4.93. The summed E-state index contributed by atoms with van der Waals surface area (Å²) in [6.07, 6.45) is 3.79. The van der Waals surface area contributed by atoms with Crippen molar-refractivity contribution in [2.75, 3.05) is 7.05 Å². The van der Waals surface area contributed by atoms with Gasteiger partial charge in [-0.1, -0.05) is 36.8 Å². The van der Waals surface area contributed by atoms with Crippen molar-refractivity contribution < 1.29 is 4.79 Å². The van der Waals surface area contributed by atoms with E-state index in [4.69, 9.17) is 18.0 Å². The fourth-order valence-electron chi connectivity index (χ4n) is 3.62. The molecule has 4 heteroatoms. The van der Waals surface area contributed by atoms with Gasteiger partial charge in [0.05, 0.1) is 0 Å². The van der Waals surface area contributed by atoms with Crippen LogP contribution in [0.1, 0.15) is 30.4 Å². The molecule has 1 aromatic carbocycles. The number of thiocarbonyl (C=S) groups is 1. The molecule has 0 bridgehead atoms. The number of benzene rings is 1. The maximum atomic E-state index is 12.4. The molecular weight excluding hydrogens is 268 g/mol. The first-order valence-corrected chi connectivity index (χ1v) is 7.62. The lowest BCUT2D eigenvalue weighted by atomic mass is 10.1. The number of carbonyl (C=O) groups is 1. The molecule has 2 unspecified atom stereocenters. The zero-order valence-corrected chi connectivity index (χ0v) is 12.5. The lowest BCUT2D eigenvalue weighted by Crippen LogP contribution is -2.29. The fourth-order valence-corrected chi connectivity index (χ4v) is 3.74. The molecule has 1 amide bonds. The number of fused-ring (bicyclic) bond motifs is 1. The number of hydrogen-bond donors (Lipinski definition) is 1. The molecule has 0 radical (unpaired) electrons. The van der Waals surface area contributed by atoms with Crippen molar-refractivity contribution in [2.24, 2.45) is 23.5 Å². The molecule has 2 aliphatic carbocycles. The van der Waals surface area contributed by atoms with Crippen LogP contribution in [0.25, 0.3) is 0 Å². The third-order valence-electron chi connectivity index (χ3n) is 4.70. The Kier molecular flexibility index (Phi) is 3.50. The molecular formula is C16H20N2OS. The molecule has 2 atom stereocenters. The monoisotopic (exact) mass is 288 g/mol. The molecule has 0 spiro atoms. The molecule has 0 aromatic heterocycles. The van der Waals surface area contributed by atoms with Crippen LogP contribution in [0.2, 0.25) is 0 Å². The van der Waals surface area contributed by atoms with Gasteiger partial charge in [0.2, 0.25) is 5.91 Å². The Labute approximate surface area is 125 Å². The van der Waals surface area contributed by atoms with Crippen molar-refractivity contribution in [1.82, 2.24) is 4.90 Å². The van der Waals surface area contributed by atoms with Crippen LogP contribution in [0.15, 0.2) is 24.3 Å². The Morgan fingerprint density at radius 1 is 1.40 bits per heavy atom. The maximum Gasteiger partial charge on any atom is 0.226 e. The van der Waals surface area contributed by atoms with Crippen molar-refractivity contribution >= 4 is 23.1 Å². The Balaban J connectivity index is 1.64. The summed E-state index contributed by atoms with van der Waals surface area (Å²) in [4.78, 5) is 14.7. The highest BCUT2D eigenvalue weighted by molar-refractivity contribution is 7.80. The number of hydrogen-bond acceptors (Lipinski definition) is 2. The predicted octanol–water partition coefficient (Wildman–Crippen LogP) is 2.33. The van der Waals surface area contributed by atoms with Crippen molar-refractivity contribution in [1.29, 1.82) is 0 Å². The van der Waals surface area contributed by atoms with Crippen LogP contribution in [0.5, 0.6) is 0 Å². The second kappa shape index (κ2) is 5.17. The lowest BCUT2D eigenvalue weighted by Gasteiger charge is -2.18. The van der Waals surface area contributed by atoms with Gasteiger partial charge in [0.15, 0.2) is 0 Å². The van der Waals surface area contributed by atoms with E-state index in [0.717, 1.165) is 11.1 Å². The molecule has 3 rings (SSSR count). The van der Waals surface area contributed by atoms with E-state index in [2.05, 4.69) is 0 Å². The van der Waals surface area contributed by atoms with Gasteiger partial charge in [-0.3, -0.25) is 4.79 Å². The van der Waals surface area contributed by atoms with Crippen LogP contribution in [0.4, 0.5) is 0 Å². The number of amides is 1. The summed E-state index contributed by atoms with van der Waals surface area (Å²) in [5.74, 6) is 1.95. The summed E-state index contributed by atoms with van der Waals surface area (Å²) in [7, 11) is 1.89. The Bertz CT molecular complexity index is 547. The highest BCUT2D eigenvalue weighted by Gasteiger charge is 2.57. The van der Waals surface area contributed by atoms with Crippen LogP contribution in [0.3, 0.4) is 0 Å². The molecule has 0 heterocycles. The second-order valence-corrected chi connectivity index (χ2v) is 6.48. The maximum absolute atomic E-state index is 12.4. The summed E-state index contributed by atoms with van der Waals surface area (Å²) < 4.78 is 0. The standard InChI is InChI=1S/C16H20N2OS/c1-18(16(19)14-12-6-3-7-13(12)14)9-10-4-2-5-11(8-10)15(17)20/h2,4-5,8,12-14H,3,6-7,9H2,1H3,(H2,17,20). The van der Waals surface area contributed by atoms with E-state index in [9.17, 15) is 4.79 Å². The topological polar surface area (TPSA) is 46.3 Å². The number of nitrogens with zero attached hydrogens (tertiary/aromatic N) is 1. The number of nitrogens with two attached hydrogens (primary N) is 1. The van der Waals surface area contributed by atoms with Gasteiger partial charge in [-0.25, -0.2) is 0 Å². The van der Waals surface area contributed by atoms with E-state index in [1.54, 1.807) is 0 Å². The first-order valence-electron chi connectivity index (χ1n) is 7.21. The SMILES string of the molecule is CN(Cc1cccc(C(N)=S)c1)C(=O)C1C2CCCC21. The van der Waals surface area contributed by atoms with E-state index in [0.29, 0.717) is 35.2 Å². The second-order valence-electron chi connectivity index (χ2n) is 6.04.